The van der Waals surface area contributed by atoms with E-state index in [4.69, 9.17) is 0 Å². The van der Waals surface area contributed by atoms with Crippen LogP contribution in [0, 0.1) is 6.92 Å². The van der Waals surface area contributed by atoms with Crippen LogP contribution in [0.15, 0.2) is 35.6 Å². The van der Waals surface area contributed by atoms with E-state index >= 15 is 0 Å². The highest BCUT2D eigenvalue weighted by Gasteiger charge is 2.08. The number of phenolic OH excluding ortho intramolecular Hbond substituents is 1. The minimum atomic E-state index is 0.256. The second-order valence-corrected chi connectivity index (χ2v) is 4.15. The topological polar surface area (TPSA) is 46.0 Å². The highest BCUT2D eigenvalue weighted by Crippen LogP contribution is 2.30. The molecule has 0 aliphatic heterocycles. The van der Waals surface area contributed by atoms with E-state index in [9.17, 15) is 5.11 Å². The Bertz CT molecular complexity index is 514. The van der Waals surface area contributed by atoms with Crippen LogP contribution in [0.2, 0.25) is 0 Å². The maximum absolute atomic E-state index is 9.75. The van der Waals surface area contributed by atoms with E-state index < -0.39 is 0 Å². The summed E-state index contributed by atoms with van der Waals surface area (Å²) in [4.78, 5) is 8.57. The lowest BCUT2D eigenvalue weighted by atomic mass is 10.1. The molecule has 1 aromatic carbocycles. The average Bonchev–Trinajstić information content (AvgIpc) is 2.30. The van der Waals surface area contributed by atoms with Gasteiger partial charge in [0.2, 0.25) is 0 Å². The molecule has 82 valence electrons. The fourth-order valence-corrected chi connectivity index (χ4v) is 1.90. The summed E-state index contributed by atoms with van der Waals surface area (Å²) < 4.78 is 0. The Hall–Kier alpha value is -1.55. The monoisotopic (exact) mass is 232 g/mol. The Morgan fingerprint density at radius 1 is 1.19 bits per heavy atom. The molecule has 0 spiro atoms. The number of aromatic nitrogens is 2. The average molecular weight is 232 g/mol. The SMILES string of the molecule is CSc1ncc(-c2ccccc2O)c(C)n1. The fraction of sp³-hybridized carbons (Fsp3) is 0.167. The van der Waals surface area contributed by atoms with Crippen LogP contribution in [-0.4, -0.2) is 21.3 Å². The van der Waals surface area contributed by atoms with Gasteiger partial charge in [-0.1, -0.05) is 30.0 Å². The molecule has 2 rings (SSSR count). The van der Waals surface area contributed by atoms with Gasteiger partial charge in [-0.2, -0.15) is 0 Å². The van der Waals surface area contributed by atoms with Crippen LogP contribution in [0.3, 0.4) is 0 Å². The molecule has 0 aliphatic carbocycles. The van der Waals surface area contributed by atoms with Crippen molar-refractivity contribution in [3.63, 3.8) is 0 Å². The third-order valence-electron chi connectivity index (χ3n) is 2.33. The van der Waals surface area contributed by atoms with Crippen LogP contribution in [-0.2, 0) is 0 Å². The second-order valence-electron chi connectivity index (χ2n) is 3.37. The molecule has 0 aliphatic rings. The van der Waals surface area contributed by atoms with Crippen LogP contribution in [0.25, 0.3) is 11.1 Å². The number of hydrogen-bond acceptors (Lipinski definition) is 4. The second kappa shape index (κ2) is 4.53. The largest absolute Gasteiger partial charge is 0.507 e. The maximum atomic E-state index is 9.75. The Morgan fingerprint density at radius 2 is 1.94 bits per heavy atom. The van der Waals surface area contributed by atoms with E-state index in [1.54, 1.807) is 18.3 Å². The number of thioether (sulfide) groups is 1. The summed E-state index contributed by atoms with van der Waals surface area (Å²) in [5.74, 6) is 0.256. The minimum absolute atomic E-state index is 0.256. The van der Waals surface area contributed by atoms with Crippen LogP contribution in [0.4, 0.5) is 0 Å². The molecule has 0 bridgehead atoms. The first-order valence-electron chi connectivity index (χ1n) is 4.88. The van der Waals surface area contributed by atoms with Gasteiger partial charge in [-0.25, -0.2) is 9.97 Å². The molecule has 1 N–H and O–H groups in total. The Kier molecular flexibility index (Phi) is 3.10. The molecule has 0 radical (unpaired) electrons. The molecule has 16 heavy (non-hydrogen) atoms. The number of aromatic hydroxyl groups is 1. The van der Waals surface area contributed by atoms with Crippen molar-refractivity contribution in [2.45, 2.75) is 12.1 Å². The van der Waals surface area contributed by atoms with E-state index in [0.717, 1.165) is 22.0 Å². The van der Waals surface area contributed by atoms with Crippen molar-refractivity contribution >= 4 is 11.8 Å². The lowest BCUT2D eigenvalue weighted by Gasteiger charge is -2.07. The van der Waals surface area contributed by atoms with Gasteiger partial charge < -0.3 is 5.11 Å². The zero-order valence-electron chi connectivity index (χ0n) is 9.14. The highest BCUT2D eigenvalue weighted by molar-refractivity contribution is 7.98. The zero-order chi connectivity index (χ0) is 11.5. The smallest absolute Gasteiger partial charge is 0.187 e. The summed E-state index contributed by atoms with van der Waals surface area (Å²) >= 11 is 1.51. The number of benzene rings is 1. The predicted octanol–water partition coefficient (Wildman–Crippen LogP) is 2.88. The molecule has 2 aromatic rings. The van der Waals surface area contributed by atoms with Crippen LogP contribution < -0.4 is 0 Å². The summed E-state index contributed by atoms with van der Waals surface area (Å²) in [6, 6.07) is 7.21. The van der Waals surface area contributed by atoms with Crippen LogP contribution in [0.5, 0.6) is 5.75 Å². The summed E-state index contributed by atoms with van der Waals surface area (Å²) in [6.45, 7) is 1.92. The van der Waals surface area contributed by atoms with Gasteiger partial charge in [0.25, 0.3) is 0 Å². The molecule has 1 heterocycles. The van der Waals surface area contributed by atoms with Crippen LogP contribution >= 0.6 is 11.8 Å². The summed E-state index contributed by atoms with van der Waals surface area (Å²) in [5.41, 5.74) is 2.52. The predicted molar refractivity (Wildman–Crippen MR) is 65.7 cm³/mol. The van der Waals surface area contributed by atoms with Crippen molar-refractivity contribution in [2.24, 2.45) is 0 Å². The summed E-state index contributed by atoms with van der Waals surface area (Å²) in [5, 5.41) is 10.5. The normalized spacial score (nSPS) is 10.4. The van der Waals surface area contributed by atoms with Crippen molar-refractivity contribution in [3.8, 4) is 16.9 Å². The number of phenols is 1. The van der Waals surface area contributed by atoms with Gasteiger partial charge in [0, 0.05) is 23.0 Å². The number of nitrogens with zero attached hydrogens (tertiary/aromatic N) is 2. The van der Waals surface area contributed by atoms with Gasteiger partial charge in [0.05, 0.1) is 0 Å². The van der Waals surface area contributed by atoms with Gasteiger partial charge in [0.15, 0.2) is 5.16 Å². The molecular formula is C12H12N2OS. The number of rotatable bonds is 2. The highest BCUT2D eigenvalue weighted by atomic mass is 32.2. The third kappa shape index (κ3) is 2.02. The summed E-state index contributed by atoms with van der Waals surface area (Å²) in [7, 11) is 0. The minimum Gasteiger partial charge on any atom is -0.507 e. The lowest BCUT2D eigenvalue weighted by molar-refractivity contribution is 0.477. The Balaban J connectivity index is 2.53. The number of para-hydroxylation sites is 1. The Morgan fingerprint density at radius 3 is 2.56 bits per heavy atom. The van der Waals surface area contributed by atoms with Crippen molar-refractivity contribution in [3.05, 3.63) is 36.2 Å². The van der Waals surface area contributed by atoms with Crippen molar-refractivity contribution in [1.29, 1.82) is 0 Å². The van der Waals surface area contributed by atoms with Crippen molar-refractivity contribution in [2.75, 3.05) is 6.26 Å². The first kappa shape index (κ1) is 11.0. The van der Waals surface area contributed by atoms with E-state index in [-0.39, 0.29) is 5.75 Å². The third-order valence-corrected chi connectivity index (χ3v) is 2.90. The maximum Gasteiger partial charge on any atom is 0.187 e. The first-order chi connectivity index (χ1) is 7.72. The molecule has 1 aromatic heterocycles. The summed E-state index contributed by atoms with van der Waals surface area (Å²) in [6.07, 6.45) is 3.69. The first-order valence-corrected chi connectivity index (χ1v) is 6.11. The fourth-order valence-electron chi connectivity index (χ4n) is 1.51. The molecule has 0 saturated heterocycles. The van der Waals surface area contributed by atoms with E-state index in [1.807, 2.05) is 25.3 Å². The quantitative estimate of drug-likeness (QED) is 0.639. The van der Waals surface area contributed by atoms with Crippen molar-refractivity contribution in [1.82, 2.24) is 9.97 Å². The molecule has 0 amide bonds. The standard InChI is InChI=1S/C12H12N2OS/c1-8-10(7-13-12(14-8)16-2)9-5-3-4-6-11(9)15/h3-7,15H,1-2H3. The van der Waals surface area contributed by atoms with E-state index in [1.165, 1.54) is 11.8 Å². The number of aryl methyl sites for hydroxylation is 1. The van der Waals surface area contributed by atoms with E-state index in [2.05, 4.69) is 9.97 Å². The molecule has 3 nitrogen and oxygen atoms in total. The molecule has 0 fully saturated rings. The number of hydrogen-bond donors (Lipinski definition) is 1. The zero-order valence-corrected chi connectivity index (χ0v) is 9.95. The lowest BCUT2D eigenvalue weighted by Crippen LogP contribution is -1.93. The van der Waals surface area contributed by atoms with Gasteiger partial charge >= 0.3 is 0 Å². The van der Waals surface area contributed by atoms with Gasteiger partial charge in [-0.05, 0) is 19.2 Å². The molecule has 0 atom stereocenters. The van der Waals surface area contributed by atoms with Gasteiger partial charge in [-0.3, -0.25) is 0 Å². The van der Waals surface area contributed by atoms with Crippen molar-refractivity contribution < 1.29 is 5.11 Å². The molecule has 4 heteroatoms. The van der Waals surface area contributed by atoms with Gasteiger partial charge in [0.1, 0.15) is 5.75 Å². The van der Waals surface area contributed by atoms with Gasteiger partial charge in [-0.15, -0.1) is 0 Å². The molecule has 0 unspecified atom stereocenters. The molecule has 0 saturated carbocycles. The molecular weight excluding hydrogens is 220 g/mol. The van der Waals surface area contributed by atoms with E-state index in [0.29, 0.717) is 0 Å². The Labute approximate surface area is 98.6 Å². The van der Waals surface area contributed by atoms with Crippen LogP contribution in [0.1, 0.15) is 5.69 Å².